The number of anilines is 1. The van der Waals surface area contributed by atoms with Crippen LogP contribution in [0.25, 0.3) is 16.7 Å². The van der Waals surface area contributed by atoms with Gasteiger partial charge in [-0.25, -0.2) is 14.6 Å². The lowest BCUT2D eigenvalue weighted by atomic mass is 9.94. The summed E-state index contributed by atoms with van der Waals surface area (Å²) in [5, 5.41) is 18.6. The van der Waals surface area contributed by atoms with Gasteiger partial charge in [0.15, 0.2) is 0 Å². The number of nitrogens with zero attached hydrogens (tertiary/aromatic N) is 6. The van der Waals surface area contributed by atoms with Gasteiger partial charge in [-0.1, -0.05) is 25.0 Å². The molecule has 0 bridgehead atoms. The van der Waals surface area contributed by atoms with Gasteiger partial charge in [0.05, 0.1) is 23.3 Å². The molecule has 2 aliphatic rings. The van der Waals surface area contributed by atoms with Gasteiger partial charge in [0.2, 0.25) is 5.95 Å². The van der Waals surface area contributed by atoms with E-state index in [0.29, 0.717) is 12.0 Å². The third kappa shape index (κ3) is 5.00. The Bertz CT molecular complexity index is 1330. The molecule has 1 saturated carbocycles. The molecule has 1 unspecified atom stereocenters. The number of piperidine rings is 1. The topological polar surface area (TPSA) is 84.0 Å². The first-order chi connectivity index (χ1) is 18.0. The largest absolute Gasteiger partial charge is 0.378 e. The Morgan fingerprint density at radius 2 is 1.73 bits per heavy atom. The summed E-state index contributed by atoms with van der Waals surface area (Å²) in [6, 6.07) is 13.5. The van der Waals surface area contributed by atoms with Crippen LogP contribution in [0.1, 0.15) is 55.2 Å². The quantitative estimate of drug-likeness (QED) is 0.368. The van der Waals surface area contributed by atoms with Crippen molar-refractivity contribution >= 4 is 17.0 Å². The van der Waals surface area contributed by atoms with Gasteiger partial charge in [0, 0.05) is 25.0 Å². The van der Waals surface area contributed by atoms with E-state index in [-0.39, 0.29) is 0 Å². The standard InChI is InChI=1S/C29H37N7O/c1-20-15-26-27(16-21(20)2)35(17-22-7-9-25(10-8-22)36-19-30-18-31-36)29(33-26)34-13-11-23(12-14-34)28(37)32-24-5-3-4-6-24/h7-10,15-16,18-19,23-24,28,32,37H,3-6,11-14,17H2,1-2H3. The lowest BCUT2D eigenvalue weighted by Crippen LogP contribution is -2.46. The van der Waals surface area contributed by atoms with Crippen molar-refractivity contribution in [2.45, 2.75) is 71.2 Å². The zero-order chi connectivity index (χ0) is 25.4. The molecule has 6 rings (SSSR count). The van der Waals surface area contributed by atoms with Crippen molar-refractivity contribution < 1.29 is 5.11 Å². The van der Waals surface area contributed by atoms with Gasteiger partial charge in [0.25, 0.3) is 0 Å². The fraction of sp³-hybridized carbons (Fsp3) is 0.483. The zero-order valence-corrected chi connectivity index (χ0v) is 21.8. The van der Waals surface area contributed by atoms with Gasteiger partial charge in [0.1, 0.15) is 18.9 Å². The number of imidazole rings is 1. The first kappa shape index (κ1) is 24.1. The van der Waals surface area contributed by atoms with Crippen LogP contribution in [0.2, 0.25) is 0 Å². The molecule has 1 atom stereocenters. The summed E-state index contributed by atoms with van der Waals surface area (Å²) in [6.07, 6.45) is 9.74. The van der Waals surface area contributed by atoms with Crippen LogP contribution in [0, 0.1) is 19.8 Å². The van der Waals surface area contributed by atoms with Gasteiger partial charge in [-0.05, 0) is 80.5 Å². The Hall–Kier alpha value is -3.23. The molecule has 0 amide bonds. The van der Waals surface area contributed by atoms with E-state index in [1.54, 1.807) is 17.3 Å². The molecule has 2 aromatic carbocycles. The monoisotopic (exact) mass is 499 g/mol. The van der Waals surface area contributed by atoms with E-state index in [2.05, 4.69) is 75.1 Å². The molecule has 8 heteroatoms. The molecule has 0 radical (unpaired) electrons. The smallest absolute Gasteiger partial charge is 0.206 e. The lowest BCUT2D eigenvalue weighted by Gasteiger charge is -2.36. The molecule has 194 valence electrons. The van der Waals surface area contributed by atoms with E-state index in [4.69, 9.17) is 4.98 Å². The molecule has 3 heterocycles. The average molecular weight is 500 g/mol. The third-order valence-electron chi connectivity index (χ3n) is 8.33. The zero-order valence-electron chi connectivity index (χ0n) is 21.8. The van der Waals surface area contributed by atoms with E-state index in [9.17, 15) is 5.11 Å². The van der Waals surface area contributed by atoms with Crippen LogP contribution in [-0.2, 0) is 6.54 Å². The van der Waals surface area contributed by atoms with Crippen molar-refractivity contribution in [3.05, 3.63) is 65.7 Å². The number of rotatable bonds is 7. The van der Waals surface area contributed by atoms with Crippen LogP contribution in [0.3, 0.4) is 0 Å². The van der Waals surface area contributed by atoms with E-state index in [1.165, 1.54) is 47.9 Å². The summed E-state index contributed by atoms with van der Waals surface area (Å²) in [4.78, 5) is 11.6. The Labute approximate surface area is 218 Å². The van der Waals surface area contributed by atoms with E-state index < -0.39 is 6.23 Å². The van der Waals surface area contributed by atoms with E-state index >= 15 is 0 Å². The van der Waals surface area contributed by atoms with Crippen molar-refractivity contribution in [2.24, 2.45) is 5.92 Å². The highest BCUT2D eigenvalue weighted by atomic mass is 16.3. The molecule has 8 nitrogen and oxygen atoms in total. The highest BCUT2D eigenvalue weighted by Gasteiger charge is 2.29. The van der Waals surface area contributed by atoms with Crippen molar-refractivity contribution in [3.63, 3.8) is 0 Å². The summed E-state index contributed by atoms with van der Waals surface area (Å²) in [6.45, 7) is 6.88. The minimum Gasteiger partial charge on any atom is -0.378 e. The number of hydrogen-bond donors (Lipinski definition) is 2. The van der Waals surface area contributed by atoms with Crippen LogP contribution in [0.15, 0.2) is 49.1 Å². The predicted octanol–water partition coefficient (Wildman–Crippen LogP) is 4.35. The highest BCUT2D eigenvalue weighted by Crippen LogP contribution is 2.31. The molecule has 37 heavy (non-hydrogen) atoms. The number of aryl methyl sites for hydroxylation is 2. The van der Waals surface area contributed by atoms with E-state index in [0.717, 1.165) is 49.6 Å². The van der Waals surface area contributed by atoms with Gasteiger partial charge in [-0.2, -0.15) is 5.10 Å². The Morgan fingerprint density at radius 3 is 2.43 bits per heavy atom. The molecule has 2 fully saturated rings. The molecule has 1 aliphatic heterocycles. The summed E-state index contributed by atoms with van der Waals surface area (Å²) < 4.78 is 4.13. The van der Waals surface area contributed by atoms with Crippen molar-refractivity contribution in [3.8, 4) is 5.69 Å². The summed E-state index contributed by atoms with van der Waals surface area (Å²) >= 11 is 0. The Balaban J connectivity index is 1.23. The molecule has 4 aromatic rings. The molecule has 1 saturated heterocycles. The second-order valence-corrected chi connectivity index (χ2v) is 10.8. The minimum atomic E-state index is -0.405. The van der Waals surface area contributed by atoms with Gasteiger partial charge < -0.3 is 14.6 Å². The third-order valence-corrected chi connectivity index (χ3v) is 8.33. The highest BCUT2D eigenvalue weighted by molar-refractivity contribution is 5.81. The fourth-order valence-electron chi connectivity index (χ4n) is 5.93. The second-order valence-electron chi connectivity index (χ2n) is 10.8. The molecular formula is C29H37N7O. The van der Waals surface area contributed by atoms with Crippen molar-refractivity contribution in [1.82, 2.24) is 29.6 Å². The minimum absolute atomic E-state index is 0.295. The Kier molecular flexibility index (Phi) is 6.69. The van der Waals surface area contributed by atoms with Crippen LogP contribution >= 0.6 is 0 Å². The molecule has 2 aromatic heterocycles. The second kappa shape index (κ2) is 10.3. The number of hydrogen-bond acceptors (Lipinski definition) is 6. The number of aliphatic hydroxyl groups excluding tert-OH is 1. The van der Waals surface area contributed by atoms with E-state index in [1.807, 2.05) is 0 Å². The maximum Gasteiger partial charge on any atom is 0.206 e. The SMILES string of the molecule is Cc1cc2nc(N3CCC(C(O)NC4CCCC4)CC3)n(Cc3ccc(-n4cncn4)cc3)c2cc1C. The normalized spacial score (nSPS) is 18.2. The number of nitrogens with one attached hydrogen (secondary N) is 1. The van der Waals surface area contributed by atoms with Crippen molar-refractivity contribution in [1.29, 1.82) is 0 Å². The van der Waals surface area contributed by atoms with Gasteiger partial charge in [-0.3, -0.25) is 5.32 Å². The van der Waals surface area contributed by atoms with Crippen LogP contribution in [-0.4, -0.2) is 54.8 Å². The maximum atomic E-state index is 10.8. The van der Waals surface area contributed by atoms with Crippen LogP contribution < -0.4 is 10.2 Å². The molecule has 2 N–H and O–H groups in total. The van der Waals surface area contributed by atoms with Gasteiger partial charge in [-0.15, -0.1) is 0 Å². The maximum absolute atomic E-state index is 10.8. The first-order valence-corrected chi connectivity index (χ1v) is 13.7. The summed E-state index contributed by atoms with van der Waals surface area (Å²) in [5.41, 5.74) is 6.97. The van der Waals surface area contributed by atoms with Crippen LogP contribution in [0.4, 0.5) is 5.95 Å². The number of aromatic nitrogens is 5. The Morgan fingerprint density at radius 1 is 1.00 bits per heavy atom. The number of benzene rings is 2. The van der Waals surface area contributed by atoms with Crippen LogP contribution in [0.5, 0.6) is 0 Å². The fourth-order valence-corrected chi connectivity index (χ4v) is 5.93. The number of aliphatic hydroxyl groups is 1. The lowest BCUT2D eigenvalue weighted by molar-refractivity contribution is 0.0512. The molecule has 0 spiro atoms. The number of fused-ring (bicyclic) bond motifs is 1. The average Bonchev–Trinajstić information content (AvgIpc) is 3.68. The van der Waals surface area contributed by atoms with Gasteiger partial charge >= 0.3 is 0 Å². The molecule has 1 aliphatic carbocycles. The predicted molar refractivity (Wildman–Crippen MR) is 146 cm³/mol. The summed E-state index contributed by atoms with van der Waals surface area (Å²) in [7, 11) is 0. The first-order valence-electron chi connectivity index (χ1n) is 13.7. The molecular weight excluding hydrogens is 462 g/mol. The van der Waals surface area contributed by atoms with Crippen molar-refractivity contribution in [2.75, 3.05) is 18.0 Å². The summed E-state index contributed by atoms with van der Waals surface area (Å²) in [5.74, 6) is 1.32.